The van der Waals surface area contributed by atoms with Gasteiger partial charge in [0.05, 0.1) is 23.0 Å². The number of benzene rings is 1. The molecule has 0 saturated carbocycles. The van der Waals surface area contributed by atoms with Gasteiger partial charge in [0.2, 0.25) is 0 Å². The highest BCUT2D eigenvalue weighted by Crippen LogP contribution is 2.21. The van der Waals surface area contributed by atoms with Gasteiger partial charge in [-0.15, -0.1) is 24.8 Å². The van der Waals surface area contributed by atoms with Crippen LogP contribution in [0, 0.1) is 0 Å². The average Bonchev–Trinajstić information content (AvgIpc) is 2.54. The lowest BCUT2D eigenvalue weighted by atomic mass is 9.96. The summed E-state index contributed by atoms with van der Waals surface area (Å²) in [6, 6.07) is 7.45. The van der Waals surface area contributed by atoms with Crippen molar-refractivity contribution in [3.05, 3.63) is 46.6 Å². The molecule has 0 amide bonds. The molecule has 0 spiro atoms. The fraction of sp³-hybridized carbons (Fsp3) is 0.0833. The van der Waals surface area contributed by atoms with Crippen LogP contribution in [0.15, 0.2) is 41.0 Å². The van der Waals surface area contributed by atoms with E-state index in [-0.39, 0.29) is 42.8 Å². The molecule has 88 valence electrons. The van der Waals surface area contributed by atoms with Gasteiger partial charge >= 0.3 is 0 Å². The number of rotatable bonds is 0. The van der Waals surface area contributed by atoms with Gasteiger partial charge in [0, 0.05) is 11.3 Å². The van der Waals surface area contributed by atoms with Crippen molar-refractivity contribution in [1.29, 1.82) is 0 Å². The second-order valence-electron chi connectivity index (χ2n) is 3.60. The van der Waals surface area contributed by atoms with Crippen molar-refractivity contribution in [3.63, 3.8) is 0 Å². The molecule has 5 heteroatoms. The Kier molecular flexibility index (Phi) is 3.86. The van der Waals surface area contributed by atoms with Crippen LogP contribution in [0.25, 0.3) is 5.57 Å². The zero-order valence-electron chi connectivity index (χ0n) is 8.67. The highest BCUT2D eigenvalue weighted by atomic mass is 35.5. The molecule has 0 N–H and O–H groups in total. The lowest BCUT2D eigenvalue weighted by Gasteiger charge is -2.07. The Morgan fingerprint density at radius 3 is 2.53 bits per heavy atom. The molecule has 0 radical (unpaired) electrons. The minimum Gasteiger partial charge on any atom is -0.294 e. The molecule has 0 fully saturated rings. The molecular formula is C12H9Cl2NO2. The third kappa shape index (κ3) is 2.04. The Morgan fingerprint density at radius 1 is 1.06 bits per heavy atom. The smallest absolute Gasteiger partial charge is 0.173 e. The molecule has 2 aliphatic rings. The first-order chi connectivity index (χ1) is 7.25. The van der Waals surface area contributed by atoms with Crippen LogP contribution in [0.5, 0.6) is 0 Å². The highest BCUT2D eigenvalue weighted by molar-refractivity contribution is 6.30. The van der Waals surface area contributed by atoms with Crippen molar-refractivity contribution < 1.29 is 9.59 Å². The van der Waals surface area contributed by atoms with Crippen LogP contribution in [0.4, 0.5) is 0 Å². The maximum atomic E-state index is 11.7. The SMILES string of the molecule is Cl.Cl.O=C1C=C2N=c3ccccc3=C2C(=O)C1. The summed E-state index contributed by atoms with van der Waals surface area (Å²) >= 11 is 0. The quantitative estimate of drug-likeness (QED) is 0.653. The van der Waals surface area contributed by atoms with Crippen molar-refractivity contribution in [1.82, 2.24) is 0 Å². The molecular weight excluding hydrogens is 261 g/mol. The molecule has 1 aromatic carbocycles. The molecule has 3 nitrogen and oxygen atoms in total. The van der Waals surface area contributed by atoms with Gasteiger partial charge in [-0.2, -0.15) is 0 Å². The van der Waals surface area contributed by atoms with E-state index in [1.54, 1.807) is 0 Å². The maximum absolute atomic E-state index is 11.7. The molecule has 1 aromatic rings. The Balaban J connectivity index is 0.000000722. The molecule has 1 heterocycles. The number of Topliss-reactive ketones (excluding diaryl/α,β-unsaturated/α-hetero) is 1. The molecule has 17 heavy (non-hydrogen) atoms. The molecule has 0 atom stereocenters. The third-order valence-electron chi connectivity index (χ3n) is 2.58. The summed E-state index contributed by atoms with van der Waals surface area (Å²) in [4.78, 5) is 27.1. The minimum atomic E-state index is -0.157. The van der Waals surface area contributed by atoms with E-state index in [4.69, 9.17) is 0 Å². The van der Waals surface area contributed by atoms with Gasteiger partial charge in [-0.25, -0.2) is 4.99 Å². The Hall–Kier alpha value is -1.45. The van der Waals surface area contributed by atoms with Crippen molar-refractivity contribution in [2.24, 2.45) is 4.99 Å². The predicted octanol–water partition coefficient (Wildman–Crippen LogP) is 0.740. The fourth-order valence-electron chi connectivity index (χ4n) is 1.95. The number of ketones is 2. The van der Waals surface area contributed by atoms with Crippen LogP contribution in [0.2, 0.25) is 0 Å². The topological polar surface area (TPSA) is 46.5 Å². The molecule has 0 bridgehead atoms. The second-order valence-corrected chi connectivity index (χ2v) is 3.60. The predicted molar refractivity (Wildman–Crippen MR) is 67.8 cm³/mol. The van der Waals surface area contributed by atoms with E-state index in [9.17, 15) is 9.59 Å². The number of allylic oxidation sites excluding steroid dienone is 2. The largest absolute Gasteiger partial charge is 0.294 e. The standard InChI is InChI=1S/C12H7NO2.2ClH/c14-7-5-10-12(11(15)6-7)8-3-1-2-4-9(8)13-10;;/h1-5H,6H2;2*1H. The second kappa shape index (κ2) is 4.82. The van der Waals surface area contributed by atoms with E-state index in [2.05, 4.69) is 4.99 Å². The highest BCUT2D eigenvalue weighted by Gasteiger charge is 2.26. The van der Waals surface area contributed by atoms with Gasteiger partial charge in [0.1, 0.15) is 0 Å². The van der Waals surface area contributed by atoms with Gasteiger partial charge in [0.25, 0.3) is 0 Å². The van der Waals surface area contributed by atoms with E-state index in [0.29, 0.717) is 11.3 Å². The Morgan fingerprint density at radius 2 is 1.76 bits per heavy atom. The van der Waals surface area contributed by atoms with Crippen molar-refractivity contribution in [2.75, 3.05) is 0 Å². The number of halogens is 2. The summed E-state index contributed by atoms with van der Waals surface area (Å²) in [5.74, 6) is -0.276. The average molecular weight is 270 g/mol. The first kappa shape index (κ1) is 13.6. The maximum Gasteiger partial charge on any atom is 0.173 e. The Bertz CT molecular complexity index is 647. The van der Waals surface area contributed by atoms with Crippen LogP contribution >= 0.6 is 24.8 Å². The summed E-state index contributed by atoms with van der Waals surface area (Å²) in [5, 5.41) is 1.63. The van der Waals surface area contributed by atoms with Crippen molar-refractivity contribution in [3.8, 4) is 0 Å². The van der Waals surface area contributed by atoms with E-state index in [1.165, 1.54) is 6.08 Å². The molecule has 3 rings (SSSR count). The lowest BCUT2D eigenvalue weighted by Crippen LogP contribution is -2.26. The van der Waals surface area contributed by atoms with Gasteiger partial charge in [-0.05, 0) is 6.07 Å². The molecule has 1 aliphatic carbocycles. The van der Waals surface area contributed by atoms with Gasteiger partial charge in [-0.1, -0.05) is 18.2 Å². The molecule has 0 aromatic heterocycles. The van der Waals surface area contributed by atoms with Gasteiger partial charge in [-0.3, -0.25) is 9.59 Å². The Labute approximate surface area is 110 Å². The molecule has 0 saturated heterocycles. The summed E-state index contributed by atoms with van der Waals surface area (Å²) in [7, 11) is 0. The number of carbonyl (C=O) groups is 2. The fourth-order valence-corrected chi connectivity index (χ4v) is 1.95. The number of fused-ring (bicyclic) bond motifs is 2. The first-order valence-electron chi connectivity index (χ1n) is 4.72. The van der Waals surface area contributed by atoms with E-state index < -0.39 is 0 Å². The van der Waals surface area contributed by atoms with Crippen LogP contribution in [0.1, 0.15) is 6.42 Å². The van der Waals surface area contributed by atoms with Crippen LogP contribution in [-0.4, -0.2) is 11.6 Å². The summed E-state index contributed by atoms with van der Waals surface area (Å²) in [6.07, 6.45) is 1.43. The van der Waals surface area contributed by atoms with Crippen LogP contribution < -0.4 is 10.6 Å². The lowest BCUT2D eigenvalue weighted by molar-refractivity contribution is -0.121. The number of nitrogens with zero attached hydrogens (tertiary/aromatic N) is 1. The van der Waals surface area contributed by atoms with Crippen LogP contribution in [0.3, 0.4) is 0 Å². The van der Waals surface area contributed by atoms with Crippen molar-refractivity contribution >= 4 is 42.0 Å². The summed E-state index contributed by atoms with van der Waals surface area (Å²) in [5.41, 5.74) is 1.13. The zero-order chi connectivity index (χ0) is 10.4. The van der Waals surface area contributed by atoms with Gasteiger partial charge < -0.3 is 0 Å². The van der Waals surface area contributed by atoms with Gasteiger partial charge in [0.15, 0.2) is 11.6 Å². The van der Waals surface area contributed by atoms with E-state index in [1.807, 2.05) is 24.3 Å². The molecule has 0 unspecified atom stereocenters. The third-order valence-corrected chi connectivity index (χ3v) is 2.58. The molecule has 1 aliphatic heterocycles. The number of hydrogen-bond donors (Lipinski definition) is 0. The summed E-state index contributed by atoms with van der Waals surface area (Å²) in [6.45, 7) is 0. The zero-order valence-corrected chi connectivity index (χ0v) is 10.3. The van der Waals surface area contributed by atoms with E-state index >= 15 is 0 Å². The number of para-hydroxylation sites is 1. The minimum absolute atomic E-state index is 0. The van der Waals surface area contributed by atoms with E-state index in [0.717, 1.165) is 10.6 Å². The van der Waals surface area contributed by atoms with Crippen LogP contribution in [-0.2, 0) is 9.59 Å². The normalized spacial score (nSPS) is 16.0. The monoisotopic (exact) mass is 269 g/mol. The number of hydrogen-bond acceptors (Lipinski definition) is 3. The first-order valence-corrected chi connectivity index (χ1v) is 4.72. The number of carbonyl (C=O) groups excluding carboxylic acids is 2. The summed E-state index contributed by atoms with van der Waals surface area (Å²) < 4.78 is 0. The van der Waals surface area contributed by atoms with Crippen molar-refractivity contribution in [2.45, 2.75) is 6.42 Å².